The van der Waals surface area contributed by atoms with E-state index in [0.29, 0.717) is 0 Å². The first kappa shape index (κ1) is 32.5. The van der Waals surface area contributed by atoms with Crippen LogP contribution in [0.15, 0.2) is 146 Å². The van der Waals surface area contributed by atoms with E-state index < -0.39 is 26.0 Å². The molecule has 4 heteroatoms. The van der Waals surface area contributed by atoms with Gasteiger partial charge in [0.1, 0.15) is 0 Å². The van der Waals surface area contributed by atoms with Gasteiger partial charge >= 0.3 is 113 Å². The third-order valence-corrected chi connectivity index (χ3v) is 45.5. The normalized spacial score (nSPS) is 10.1. The molecule has 0 bridgehead atoms. The minimum absolute atomic E-state index is 1.31. The van der Waals surface area contributed by atoms with Crippen LogP contribution in [0, 0.1) is 27.7 Å². The van der Waals surface area contributed by atoms with E-state index in [-0.39, 0.29) is 0 Å². The Morgan fingerprint density at radius 1 is 0.476 bits per heavy atom. The van der Waals surface area contributed by atoms with Crippen molar-refractivity contribution in [3.05, 3.63) is 168 Å². The van der Waals surface area contributed by atoms with Crippen LogP contribution >= 0.6 is 17.2 Å². The number of benzene rings is 4. The fourth-order valence-electron chi connectivity index (χ4n) is 5.06. The Morgan fingerprint density at radius 3 is 1.05 bits per heavy atom. The molecule has 0 amide bonds. The first-order valence-corrected chi connectivity index (χ1v) is 35.5. The van der Waals surface area contributed by atoms with Crippen molar-refractivity contribution >= 4 is 36.0 Å². The Morgan fingerprint density at radius 2 is 0.786 bits per heavy atom. The maximum atomic E-state index is 6.37. The number of hydrogen-bond acceptors (Lipinski definition) is 0. The summed E-state index contributed by atoms with van der Waals surface area (Å²) in [5.41, 5.74) is 10.8. The molecule has 0 radical (unpaired) electrons. The van der Waals surface area contributed by atoms with Crippen molar-refractivity contribution in [2.24, 2.45) is 0 Å². The molecular weight excluding hydrogens is 778 g/mol. The summed E-state index contributed by atoms with van der Waals surface area (Å²) >= 11 is -2.35. The van der Waals surface area contributed by atoms with Gasteiger partial charge in [-0.05, 0) is 0 Å². The van der Waals surface area contributed by atoms with Crippen molar-refractivity contribution in [2.75, 3.05) is 0 Å². The molecule has 0 saturated heterocycles. The average Bonchev–Trinajstić information content (AvgIpc) is 3.54. The summed E-state index contributed by atoms with van der Waals surface area (Å²) in [4.78, 5) is 0. The molecule has 6 aromatic rings. The zero-order chi connectivity index (χ0) is 29.9. The fraction of sp³-hybridized carbons (Fsp3) is 0.105. The van der Waals surface area contributed by atoms with Gasteiger partial charge in [-0.3, -0.25) is 0 Å². The Bertz CT molecular complexity index is 1570. The van der Waals surface area contributed by atoms with Gasteiger partial charge in [0.2, 0.25) is 0 Å². The quantitative estimate of drug-likeness (QED) is 0.123. The molecule has 0 nitrogen and oxygen atoms in total. The van der Waals surface area contributed by atoms with Gasteiger partial charge in [-0.2, -0.15) is 45.5 Å². The molecule has 6 aromatic carbocycles. The molecule has 0 N–H and O–H groups in total. The summed E-state index contributed by atoms with van der Waals surface area (Å²) in [6.07, 6.45) is 0. The molecule has 0 spiro atoms. The SMILES string of the molecule is Cc1cc(-c2ccccc2)c(C)[cH-]1.Cc1cc(-c2ccccc2)c(C)[cH-]1.[Cl][Hf]([Cl])=[Ge]([c]1ccccc1)[c]1ccccc1. The van der Waals surface area contributed by atoms with Crippen LogP contribution in [0.3, 0.4) is 0 Å². The second-order valence-corrected chi connectivity index (χ2v) is 52.8. The second kappa shape index (κ2) is 16.4. The monoisotopic (exact) mass is 816 g/mol. The van der Waals surface area contributed by atoms with Crippen molar-refractivity contribution in [3.8, 4) is 22.3 Å². The van der Waals surface area contributed by atoms with Crippen molar-refractivity contribution in [1.29, 1.82) is 0 Å². The van der Waals surface area contributed by atoms with Gasteiger partial charge in [0.15, 0.2) is 0 Å². The van der Waals surface area contributed by atoms with Gasteiger partial charge in [-0.1, -0.05) is 99.5 Å². The van der Waals surface area contributed by atoms with Crippen LogP contribution in [0.5, 0.6) is 0 Å². The number of halogens is 2. The number of rotatable bonds is 4. The van der Waals surface area contributed by atoms with Gasteiger partial charge in [-0.25, -0.2) is 12.1 Å². The predicted molar refractivity (Wildman–Crippen MR) is 184 cm³/mol. The molecule has 0 aliphatic rings. The molecule has 0 fully saturated rings. The molecule has 0 atom stereocenters. The number of hydrogen-bond donors (Lipinski definition) is 0. The standard InChI is InChI=1S/2C13H13.C12H10Ge.2ClH.Hf/c2*1-10-8-11(2)13(9-10)12-6-4-3-5-7-12;1-3-7-11(8-4-1)13-12-9-5-2-6-10-12;;;/h2*3-9H,1-2H3;1-10H;2*1H;/q2*-1;;;;+2/p-2. The fourth-order valence-corrected chi connectivity index (χ4v) is 41.8. The van der Waals surface area contributed by atoms with Crippen molar-refractivity contribution in [3.63, 3.8) is 0 Å². The van der Waals surface area contributed by atoms with E-state index >= 15 is 0 Å². The molecule has 0 aliphatic carbocycles. The molecule has 0 aliphatic heterocycles. The average molecular weight is 815 g/mol. The van der Waals surface area contributed by atoms with Crippen LogP contribution < -0.4 is 8.79 Å². The van der Waals surface area contributed by atoms with E-state index in [9.17, 15) is 0 Å². The Labute approximate surface area is 267 Å². The van der Waals surface area contributed by atoms with E-state index in [1.807, 2.05) is 12.1 Å². The number of aryl methyl sites for hydroxylation is 4. The summed E-state index contributed by atoms with van der Waals surface area (Å²) < 4.78 is 2.81. The summed E-state index contributed by atoms with van der Waals surface area (Å²) in [5, 5.41) is 0. The maximum absolute atomic E-state index is 6.37. The van der Waals surface area contributed by atoms with Crippen molar-refractivity contribution in [2.45, 2.75) is 27.7 Å². The van der Waals surface area contributed by atoms with Crippen LogP contribution in [-0.4, -0.2) is 10.1 Å². The molecule has 212 valence electrons. The van der Waals surface area contributed by atoms with E-state index in [2.05, 4.69) is 161 Å². The third-order valence-electron chi connectivity index (χ3n) is 6.97. The van der Waals surface area contributed by atoms with Gasteiger partial charge < -0.3 is 0 Å². The second-order valence-electron chi connectivity index (χ2n) is 10.4. The van der Waals surface area contributed by atoms with Gasteiger partial charge in [0, 0.05) is 0 Å². The molecule has 42 heavy (non-hydrogen) atoms. The van der Waals surface area contributed by atoms with Crippen LogP contribution in [0.25, 0.3) is 22.3 Å². The van der Waals surface area contributed by atoms with E-state index in [4.69, 9.17) is 17.2 Å². The van der Waals surface area contributed by atoms with Crippen molar-refractivity contribution < 1.29 is 16.0 Å². The Hall–Kier alpha value is -2.43. The molecular formula is C38H36Cl2GeHf-2. The van der Waals surface area contributed by atoms with Gasteiger partial charge in [0.05, 0.1) is 0 Å². The van der Waals surface area contributed by atoms with E-state index in [1.165, 1.54) is 53.3 Å². The third kappa shape index (κ3) is 9.28. The zero-order valence-electron chi connectivity index (χ0n) is 24.6. The topological polar surface area (TPSA) is 0 Å². The summed E-state index contributed by atoms with van der Waals surface area (Å²) in [7, 11) is 11.1. The first-order chi connectivity index (χ1) is 20.3. The van der Waals surface area contributed by atoms with Gasteiger partial charge in [-0.15, -0.1) is 0 Å². The van der Waals surface area contributed by atoms with Crippen molar-refractivity contribution in [1.82, 2.24) is 0 Å². The van der Waals surface area contributed by atoms with Crippen LogP contribution in [0.4, 0.5) is 0 Å². The minimum atomic E-state index is -2.35. The summed E-state index contributed by atoms with van der Waals surface area (Å²) in [5.74, 6) is 0. The zero-order valence-corrected chi connectivity index (χ0v) is 31.8. The molecule has 6 rings (SSSR count). The van der Waals surface area contributed by atoms with E-state index in [1.54, 1.807) is 0 Å². The predicted octanol–water partition coefficient (Wildman–Crippen LogP) is 10.1. The van der Waals surface area contributed by atoms with E-state index in [0.717, 1.165) is 0 Å². The van der Waals surface area contributed by atoms with Crippen LogP contribution in [0.2, 0.25) is 0 Å². The Balaban J connectivity index is 0.000000146. The van der Waals surface area contributed by atoms with Gasteiger partial charge in [0.25, 0.3) is 0 Å². The molecule has 0 heterocycles. The summed E-state index contributed by atoms with van der Waals surface area (Å²) in [6.45, 7) is 8.60. The Kier molecular flexibility index (Phi) is 12.7. The van der Waals surface area contributed by atoms with Crippen LogP contribution in [-0.2, 0) is 16.0 Å². The molecule has 0 aromatic heterocycles. The summed E-state index contributed by atoms with van der Waals surface area (Å²) in [6, 6.07) is 51.1. The molecule has 0 unspecified atom stereocenters. The molecule has 0 saturated carbocycles. The first-order valence-electron chi connectivity index (χ1n) is 14.1. The van der Waals surface area contributed by atoms with Crippen LogP contribution in [0.1, 0.15) is 22.3 Å².